The minimum Gasteiger partial charge on any atom is -0.387 e. The fourth-order valence-electron chi connectivity index (χ4n) is 3.03. The number of hydrogen-bond donors (Lipinski definition) is 2. The summed E-state index contributed by atoms with van der Waals surface area (Å²) < 4.78 is 40.2. The lowest BCUT2D eigenvalue weighted by Crippen LogP contribution is -2.29. The van der Waals surface area contributed by atoms with E-state index in [1.54, 1.807) is 4.68 Å². The van der Waals surface area contributed by atoms with Crippen LogP contribution in [-0.2, 0) is 6.18 Å². The molecule has 1 amide bonds. The molecule has 0 saturated heterocycles. The van der Waals surface area contributed by atoms with E-state index in [1.165, 1.54) is 23.5 Å². The molecule has 4 rings (SSSR count). The van der Waals surface area contributed by atoms with Crippen molar-refractivity contribution in [3.05, 3.63) is 89.1 Å². The van der Waals surface area contributed by atoms with Gasteiger partial charge in [-0.25, -0.2) is 9.67 Å². The van der Waals surface area contributed by atoms with Gasteiger partial charge in [-0.2, -0.15) is 13.2 Å². The number of benzene rings is 2. The molecule has 0 aliphatic carbocycles. The van der Waals surface area contributed by atoms with Crippen LogP contribution in [-0.4, -0.2) is 32.3 Å². The Balaban J connectivity index is 1.53. The number of nitrogens with zero attached hydrogens (tertiary/aromatic N) is 3. The number of amides is 1. The van der Waals surface area contributed by atoms with Gasteiger partial charge in [0.05, 0.1) is 22.2 Å². The maximum atomic E-state index is 12.9. The van der Waals surface area contributed by atoms with E-state index in [0.29, 0.717) is 11.5 Å². The van der Waals surface area contributed by atoms with Crippen LogP contribution < -0.4 is 5.32 Å². The first-order valence-electron chi connectivity index (χ1n) is 9.52. The van der Waals surface area contributed by atoms with Crippen LogP contribution in [0, 0.1) is 0 Å². The number of aliphatic hydroxyl groups is 1. The lowest BCUT2D eigenvalue weighted by molar-refractivity contribution is -0.137. The van der Waals surface area contributed by atoms with Crippen LogP contribution in [0.3, 0.4) is 0 Å². The highest BCUT2D eigenvalue weighted by molar-refractivity contribution is 7.13. The summed E-state index contributed by atoms with van der Waals surface area (Å²) in [6.07, 6.45) is -5.85. The molecule has 2 aromatic heterocycles. The van der Waals surface area contributed by atoms with Gasteiger partial charge < -0.3 is 10.4 Å². The Kier molecular flexibility index (Phi) is 6.06. The molecule has 164 valence electrons. The molecule has 0 spiro atoms. The van der Waals surface area contributed by atoms with E-state index in [1.807, 2.05) is 47.8 Å². The molecule has 0 aliphatic rings. The van der Waals surface area contributed by atoms with Crippen LogP contribution in [0.15, 0.2) is 72.1 Å². The number of nitrogens with one attached hydrogen (secondary N) is 1. The molecule has 32 heavy (non-hydrogen) atoms. The molecule has 2 heterocycles. The maximum Gasteiger partial charge on any atom is 0.416 e. The molecular weight excluding hydrogens is 441 g/mol. The summed E-state index contributed by atoms with van der Waals surface area (Å²) in [6.45, 7) is -0.297. The number of alkyl halides is 3. The average molecular weight is 458 g/mol. The first-order valence-corrected chi connectivity index (χ1v) is 10.4. The second kappa shape index (κ2) is 8.93. The summed E-state index contributed by atoms with van der Waals surface area (Å²) >= 11 is 1.44. The molecule has 0 saturated carbocycles. The highest BCUT2D eigenvalue weighted by Gasteiger charge is 2.31. The Morgan fingerprint density at radius 1 is 1.09 bits per heavy atom. The highest BCUT2D eigenvalue weighted by Crippen LogP contribution is 2.30. The zero-order valence-electron chi connectivity index (χ0n) is 16.5. The van der Waals surface area contributed by atoms with Gasteiger partial charge in [0, 0.05) is 6.54 Å². The summed E-state index contributed by atoms with van der Waals surface area (Å²) in [5.41, 5.74) is -0.113. The average Bonchev–Trinajstić information content (AvgIpc) is 3.47. The third-order valence-electron chi connectivity index (χ3n) is 4.61. The Morgan fingerprint density at radius 3 is 2.56 bits per heavy atom. The number of hydrogen-bond acceptors (Lipinski definition) is 5. The van der Waals surface area contributed by atoms with E-state index in [9.17, 15) is 23.1 Å². The van der Waals surface area contributed by atoms with Gasteiger partial charge in [0.25, 0.3) is 5.91 Å². The minimum absolute atomic E-state index is 0.0437. The van der Waals surface area contributed by atoms with Crippen molar-refractivity contribution in [2.45, 2.75) is 12.3 Å². The minimum atomic E-state index is -4.52. The van der Waals surface area contributed by atoms with Gasteiger partial charge in [-0.15, -0.1) is 16.4 Å². The van der Waals surface area contributed by atoms with Gasteiger partial charge in [-0.05, 0) is 41.3 Å². The van der Waals surface area contributed by atoms with Crippen molar-refractivity contribution < 1.29 is 23.1 Å². The van der Waals surface area contributed by atoms with Crippen molar-refractivity contribution in [2.75, 3.05) is 6.54 Å². The smallest absolute Gasteiger partial charge is 0.387 e. The van der Waals surface area contributed by atoms with Crippen LogP contribution >= 0.6 is 11.3 Å². The van der Waals surface area contributed by atoms with E-state index in [0.717, 1.165) is 17.0 Å². The van der Waals surface area contributed by atoms with Crippen LogP contribution in [0.25, 0.3) is 16.4 Å². The predicted octanol–water partition coefficient (Wildman–Crippen LogP) is 4.48. The lowest BCUT2D eigenvalue weighted by Gasteiger charge is -2.14. The molecule has 4 aromatic rings. The van der Waals surface area contributed by atoms with Crippen molar-refractivity contribution >= 4 is 17.2 Å². The normalized spacial score (nSPS) is 12.5. The van der Waals surface area contributed by atoms with Crippen molar-refractivity contribution in [3.8, 4) is 16.4 Å². The van der Waals surface area contributed by atoms with Gasteiger partial charge in [0.1, 0.15) is 0 Å². The third-order valence-corrected chi connectivity index (χ3v) is 5.47. The zero-order valence-corrected chi connectivity index (χ0v) is 17.3. The van der Waals surface area contributed by atoms with Gasteiger partial charge >= 0.3 is 6.18 Å². The number of aliphatic hydroxyl groups excluding tert-OH is 1. The van der Waals surface area contributed by atoms with E-state index in [2.05, 4.69) is 15.4 Å². The van der Waals surface area contributed by atoms with Gasteiger partial charge in [-0.1, -0.05) is 36.4 Å². The Morgan fingerprint density at radius 2 is 1.88 bits per heavy atom. The predicted molar refractivity (Wildman–Crippen MR) is 113 cm³/mol. The SMILES string of the molecule is O=C(NCC(O)c1cccc(C(F)(F)F)c1)c1nc(-c2cccs2)n(-c2ccccc2)n1. The van der Waals surface area contributed by atoms with Gasteiger partial charge in [-0.3, -0.25) is 4.79 Å². The Labute approximate surface area is 185 Å². The monoisotopic (exact) mass is 458 g/mol. The number of rotatable bonds is 6. The molecule has 10 heteroatoms. The van der Waals surface area contributed by atoms with E-state index < -0.39 is 23.8 Å². The molecule has 2 aromatic carbocycles. The number of aromatic nitrogens is 3. The van der Waals surface area contributed by atoms with Crippen LogP contribution in [0.2, 0.25) is 0 Å². The van der Waals surface area contributed by atoms with Crippen molar-refractivity contribution in [2.24, 2.45) is 0 Å². The lowest BCUT2D eigenvalue weighted by atomic mass is 10.1. The second-order valence-electron chi connectivity index (χ2n) is 6.83. The highest BCUT2D eigenvalue weighted by atomic mass is 32.1. The number of carbonyl (C=O) groups excluding carboxylic acids is 1. The molecule has 1 atom stereocenters. The number of halogens is 3. The topological polar surface area (TPSA) is 80.0 Å². The van der Waals surface area contributed by atoms with Crippen LogP contribution in [0.5, 0.6) is 0 Å². The molecule has 0 fully saturated rings. The number of carbonyl (C=O) groups is 1. The summed E-state index contributed by atoms with van der Waals surface area (Å²) in [5.74, 6) is -0.285. The van der Waals surface area contributed by atoms with Crippen LogP contribution in [0.1, 0.15) is 27.8 Å². The summed E-state index contributed by atoms with van der Waals surface area (Å²) in [7, 11) is 0. The van der Waals surface area contributed by atoms with Crippen molar-refractivity contribution in [1.29, 1.82) is 0 Å². The van der Waals surface area contributed by atoms with Crippen molar-refractivity contribution in [3.63, 3.8) is 0 Å². The molecule has 0 aliphatic heterocycles. The molecule has 6 nitrogen and oxygen atoms in total. The molecular formula is C22H17F3N4O2S. The second-order valence-corrected chi connectivity index (χ2v) is 7.78. The van der Waals surface area contributed by atoms with E-state index >= 15 is 0 Å². The first kappa shape index (κ1) is 21.7. The molecule has 0 radical (unpaired) electrons. The maximum absolute atomic E-state index is 12.9. The Hall–Kier alpha value is -3.50. The fourth-order valence-corrected chi connectivity index (χ4v) is 3.73. The third kappa shape index (κ3) is 4.71. The van der Waals surface area contributed by atoms with Crippen molar-refractivity contribution in [1.82, 2.24) is 20.1 Å². The molecule has 1 unspecified atom stereocenters. The Bertz CT molecular complexity index is 1210. The summed E-state index contributed by atoms with van der Waals surface area (Å²) in [6, 6.07) is 17.2. The largest absolute Gasteiger partial charge is 0.416 e. The number of para-hydroxylation sites is 1. The van der Waals surface area contributed by atoms with Gasteiger partial charge in [0.2, 0.25) is 5.82 Å². The van der Waals surface area contributed by atoms with Gasteiger partial charge in [0.15, 0.2) is 5.82 Å². The van der Waals surface area contributed by atoms with Crippen LogP contribution in [0.4, 0.5) is 13.2 Å². The van der Waals surface area contributed by atoms with E-state index in [4.69, 9.17) is 0 Å². The number of thiophene rings is 1. The first-order chi connectivity index (χ1) is 15.3. The molecule has 0 bridgehead atoms. The zero-order chi connectivity index (χ0) is 22.7. The quantitative estimate of drug-likeness (QED) is 0.447. The standard InChI is InChI=1S/C22H17F3N4O2S/c23-22(24,25)15-7-4-6-14(12-15)17(30)13-26-21(31)19-27-20(18-10-5-11-32-18)29(28-19)16-8-2-1-3-9-16/h1-12,17,30H,13H2,(H,26,31). The molecule has 2 N–H and O–H groups in total. The van der Waals surface area contributed by atoms with E-state index in [-0.39, 0.29) is 17.9 Å². The fraction of sp³-hybridized carbons (Fsp3) is 0.136. The summed E-state index contributed by atoms with van der Waals surface area (Å²) in [4.78, 5) is 17.8. The summed E-state index contributed by atoms with van der Waals surface area (Å²) in [5, 5.41) is 18.9.